The molecule has 2 aromatic rings. The van der Waals surface area contributed by atoms with E-state index < -0.39 is 0 Å². The number of nitrogens with zero attached hydrogens (tertiary/aromatic N) is 1. The first-order valence-electron chi connectivity index (χ1n) is 5.75. The van der Waals surface area contributed by atoms with Crippen LogP contribution in [0.2, 0.25) is 0 Å². The van der Waals surface area contributed by atoms with Gasteiger partial charge in [-0.2, -0.15) is 0 Å². The van der Waals surface area contributed by atoms with E-state index in [1.165, 1.54) is 27.9 Å². The summed E-state index contributed by atoms with van der Waals surface area (Å²) in [4.78, 5) is 4.70. The lowest BCUT2D eigenvalue weighted by atomic mass is 10.0. The van der Waals surface area contributed by atoms with Gasteiger partial charge in [0.05, 0.1) is 5.52 Å². The average molecular weight is 214 g/mol. The molecule has 1 aromatic heterocycles. The van der Waals surface area contributed by atoms with Gasteiger partial charge in [-0.1, -0.05) is 18.6 Å². The van der Waals surface area contributed by atoms with Gasteiger partial charge in [0.2, 0.25) is 0 Å². The zero-order valence-corrected chi connectivity index (χ0v) is 10.4. The number of nitrogens with one attached hydrogen (secondary N) is 1. The number of hydrogen-bond donors (Lipinski definition) is 1. The maximum atomic E-state index is 4.70. The molecule has 1 aromatic carbocycles. The number of aryl methyl sites for hydroxylation is 2. The fraction of sp³-hybridized carbons (Fsp3) is 0.357. The van der Waals surface area contributed by atoms with Crippen LogP contribution in [0.25, 0.3) is 10.9 Å². The molecule has 0 amide bonds. The smallest absolute Gasteiger partial charge is 0.0726 e. The van der Waals surface area contributed by atoms with Crippen LogP contribution in [0.3, 0.4) is 0 Å². The lowest BCUT2D eigenvalue weighted by molar-refractivity contribution is 1.03. The van der Waals surface area contributed by atoms with E-state index in [2.05, 4.69) is 44.3 Å². The third kappa shape index (κ3) is 1.64. The van der Waals surface area contributed by atoms with Gasteiger partial charge in [0, 0.05) is 23.8 Å². The van der Waals surface area contributed by atoms with Gasteiger partial charge in [-0.3, -0.25) is 4.98 Å². The van der Waals surface area contributed by atoms with E-state index in [0.29, 0.717) is 0 Å². The minimum atomic E-state index is 0.977. The number of fused-ring (bicyclic) bond motifs is 1. The highest BCUT2D eigenvalue weighted by molar-refractivity contribution is 5.93. The van der Waals surface area contributed by atoms with Crippen molar-refractivity contribution in [1.29, 1.82) is 0 Å². The van der Waals surface area contributed by atoms with Crippen LogP contribution < -0.4 is 5.32 Å². The second kappa shape index (κ2) is 4.12. The van der Waals surface area contributed by atoms with E-state index in [1.54, 1.807) is 0 Å². The average Bonchev–Trinajstić information content (AvgIpc) is 2.28. The van der Waals surface area contributed by atoms with Gasteiger partial charge in [0.25, 0.3) is 0 Å². The third-order valence-corrected chi connectivity index (χ3v) is 3.07. The standard InChI is InChI=1S/C14H18N2/c1-5-12-10(3)14(15-4)11-8-9(2)6-7-13(11)16-12/h6-8H,5H2,1-4H3,(H,15,16). The molecular formula is C14H18N2. The van der Waals surface area contributed by atoms with Crippen LogP contribution in [0.5, 0.6) is 0 Å². The summed E-state index contributed by atoms with van der Waals surface area (Å²) in [6, 6.07) is 6.41. The minimum absolute atomic E-state index is 0.977. The van der Waals surface area contributed by atoms with Crippen LogP contribution in [0.4, 0.5) is 5.69 Å². The van der Waals surface area contributed by atoms with Gasteiger partial charge in [-0.05, 0) is 38.0 Å². The van der Waals surface area contributed by atoms with Crippen molar-refractivity contribution in [2.75, 3.05) is 12.4 Å². The maximum absolute atomic E-state index is 4.70. The van der Waals surface area contributed by atoms with Crippen LogP contribution in [0.15, 0.2) is 18.2 Å². The molecule has 0 saturated heterocycles. The molecule has 16 heavy (non-hydrogen) atoms. The molecule has 1 N–H and O–H groups in total. The Morgan fingerprint density at radius 1 is 1.25 bits per heavy atom. The molecule has 0 saturated carbocycles. The molecule has 0 atom stereocenters. The molecule has 0 spiro atoms. The van der Waals surface area contributed by atoms with Crippen molar-refractivity contribution < 1.29 is 0 Å². The Balaban J connectivity index is 2.84. The Labute approximate surface area is 96.7 Å². The largest absolute Gasteiger partial charge is 0.387 e. The number of benzene rings is 1. The van der Waals surface area contributed by atoms with Gasteiger partial charge in [0.15, 0.2) is 0 Å². The second-order valence-electron chi connectivity index (χ2n) is 4.18. The van der Waals surface area contributed by atoms with E-state index in [9.17, 15) is 0 Å². The van der Waals surface area contributed by atoms with Crippen LogP contribution in [0.1, 0.15) is 23.7 Å². The summed E-state index contributed by atoms with van der Waals surface area (Å²) in [5.74, 6) is 0. The number of aromatic nitrogens is 1. The first-order valence-corrected chi connectivity index (χ1v) is 5.75. The fourth-order valence-electron chi connectivity index (χ4n) is 2.19. The molecule has 0 aliphatic carbocycles. The van der Waals surface area contributed by atoms with Gasteiger partial charge in [-0.15, -0.1) is 0 Å². The van der Waals surface area contributed by atoms with Gasteiger partial charge in [-0.25, -0.2) is 0 Å². The Kier molecular flexibility index (Phi) is 2.82. The van der Waals surface area contributed by atoms with Crippen molar-refractivity contribution in [2.24, 2.45) is 0 Å². The van der Waals surface area contributed by atoms with Crippen molar-refractivity contribution >= 4 is 16.6 Å². The summed E-state index contributed by atoms with van der Waals surface area (Å²) < 4.78 is 0. The summed E-state index contributed by atoms with van der Waals surface area (Å²) in [5, 5.41) is 4.52. The summed E-state index contributed by atoms with van der Waals surface area (Å²) in [7, 11) is 1.98. The van der Waals surface area contributed by atoms with Crippen molar-refractivity contribution in [3.8, 4) is 0 Å². The first-order chi connectivity index (χ1) is 7.67. The van der Waals surface area contributed by atoms with Gasteiger partial charge < -0.3 is 5.32 Å². The molecule has 0 aliphatic rings. The van der Waals surface area contributed by atoms with Gasteiger partial charge >= 0.3 is 0 Å². The zero-order chi connectivity index (χ0) is 11.7. The molecule has 0 aliphatic heterocycles. The molecule has 84 valence electrons. The summed E-state index contributed by atoms with van der Waals surface area (Å²) in [6.07, 6.45) is 0.977. The third-order valence-electron chi connectivity index (χ3n) is 3.07. The van der Waals surface area contributed by atoms with E-state index in [4.69, 9.17) is 4.98 Å². The SMILES string of the molecule is CCc1nc2ccc(C)cc2c(NC)c1C. The molecule has 0 fully saturated rings. The monoisotopic (exact) mass is 214 g/mol. The highest BCUT2D eigenvalue weighted by atomic mass is 14.8. The Morgan fingerprint density at radius 2 is 2.00 bits per heavy atom. The molecule has 2 heteroatoms. The fourth-order valence-corrected chi connectivity index (χ4v) is 2.19. The van der Waals surface area contributed by atoms with Crippen LogP contribution in [0, 0.1) is 13.8 Å². The summed E-state index contributed by atoms with van der Waals surface area (Å²) >= 11 is 0. The molecule has 0 unspecified atom stereocenters. The number of pyridine rings is 1. The molecule has 2 rings (SSSR count). The number of hydrogen-bond acceptors (Lipinski definition) is 2. The zero-order valence-electron chi connectivity index (χ0n) is 10.4. The Morgan fingerprint density at radius 3 is 2.62 bits per heavy atom. The van der Waals surface area contributed by atoms with Crippen LogP contribution in [-0.2, 0) is 6.42 Å². The van der Waals surface area contributed by atoms with Crippen molar-refractivity contribution in [1.82, 2.24) is 4.98 Å². The van der Waals surface area contributed by atoms with E-state index in [-0.39, 0.29) is 0 Å². The van der Waals surface area contributed by atoms with Gasteiger partial charge in [0.1, 0.15) is 0 Å². The quantitative estimate of drug-likeness (QED) is 0.828. The predicted octanol–water partition coefficient (Wildman–Crippen LogP) is 3.46. The highest BCUT2D eigenvalue weighted by Crippen LogP contribution is 2.28. The molecule has 0 bridgehead atoms. The Bertz CT molecular complexity index is 530. The minimum Gasteiger partial charge on any atom is -0.387 e. The van der Waals surface area contributed by atoms with Crippen LogP contribution >= 0.6 is 0 Å². The molecular weight excluding hydrogens is 196 g/mol. The normalized spacial score (nSPS) is 10.8. The summed E-state index contributed by atoms with van der Waals surface area (Å²) in [6.45, 7) is 6.40. The molecule has 0 radical (unpaired) electrons. The van der Waals surface area contributed by atoms with E-state index >= 15 is 0 Å². The predicted molar refractivity (Wildman–Crippen MR) is 70.1 cm³/mol. The molecule has 1 heterocycles. The summed E-state index contributed by atoms with van der Waals surface area (Å²) in [5.41, 5.74) is 6.02. The Hall–Kier alpha value is -1.57. The van der Waals surface area contributed by atoms with Crippen LogP contribution in [-0.4, -0.2) is 12.0 Å². The molecule has 2 nitrogen and oxygen atoms in total. The lowest BCUT2D eigenvalue weighted by Crippen LogP contribution is -2.00. The lowest BCUT2D eigenvalue weighted by Gasteiger charge is -2.13. The number of anilines is 1. The van der Waals surface area contributed by atoms with E-state index in [0.717, 1.165) is 11.9 Å². The first kappa shape index (κ1) is 10.9. The maximum Gasteiger partial charge on any atom is 0.0726 e. The van der Waals surface area contributed by atoms with Crippen molar-refractivity contribution in [3.05, 3.63) is 35.0 Å². The number of rotatable bonds is 2. The second-order valence-corrected chi connectivity index (χ2v) is 4.18. The van der Waals surface area contributed by atoms with Crippen molar-refractivity contribution in [3.63, 3.8) is 0 Å². The van der Waals surface area contributed by atoms with Crippen molar-refractivity contribution in [2.45, 2.75) is 27.2 Å². The topological polar surface area (TPSA) is 24.9 Å². The highest BCUT2D eigenvalue weighted by Gasteiger charge is 2.09. The van der Waals surface area contributed by atoms with E-state index in [1.807, 2.05) is 7.05 Å².